The Balaban J connectivity index is 0.00000200. The second-order valence-corrected chi connectivity index (χ2v) is 5.39. The van der Waals surface area contributed by atoms with Gasteiger partial charge in [0.15, 0.2) is 0 Å². The number of likely N-dealkylation sites (tertiary alicyclic amines) is 1. The monoisotopic (exact) mass is 336 g/mol. The Morgan fingerprint density at radius 2 is 2.05 bits per heavy atom. The summed E-state index contributed by atoms with van der Waals surface area (Å²) in [5.74, 6) is 0.233. The van der Waals surface area contributed by atoms with E-state index in [1.807, 2.05) is 37.5 Å². The Morgan fingerprint density at radius 3 is 2.57 bits per heavy atom. The molecule has 0 radical (unpaired) electrons. The molecule has 21 heavy (non-hydrogen) atoms. The van der Waals surface area contributed by atoms with Crippen molar-refractivity contribution in [1.82, 2.24) is 20.0 Å². The highest BCUT2D eigenvalue weighted by Crippen LogP contribution is 2.20. The molecule has 1 aromatic rings. The number of hydrogen-bond acceptors (Lipinski definition) is 3. The summed E-state index contributed by atoms with van der Waals surface area (Å²) in [5, 5.41) is 7.55. The summed E-state index contributed by atoms with van der Waals surface area (Å²) in [5.41, 5.74) is 3.15. The molecule has 0 saturated carbocycles. The van der Waals surface area contributed by atoms with E-state index < -0.39 is 0 Å². The molecule has 0 bridgehead atoms. The first-order valence-corrected chi connectivity index (χ1v) is 6.97. The Hall–Kier alpha value is -0.780. The van der Waals surface area contributed by atoms with Crippen LogP contribution in [0.15, 0.2) is 0 Å². The molecule has 0 aromatic carbocycles. The normalized spacial score (nSPS) is 17.3. The lowest BCUT2D eigenvalue weighted by Gasteiger charge is -2.24. The summed E-state index contributed by atoms with van der Waals surface area (Å²) in [7, 11) is 3.87. The number of rotatable bonds is 4. The van der Waals surface area contributed by atoms with Gasteiger partial charge in [-0.1, -0.05) is 0 Å². The maximum absolute atomic E-state index is 12.5. The molecule has 122 valence electrons. The molecule has 1 saturated heterocycles. The van der Waals surface area contributed by atoms with Gasteiger partial charge in [0.2, 0.25) is 5.91 Å². The third-order valence-electron chi connectivity index (χ3n) is 4.12. The van der Waals surface area contributed by atoms with Crippen molar-refractivity contribution in [2.45, 2.75) is 39.2 Å². The molecule has 1 fully saturated rings. The second kappa shape index (κ2) is 8.61. The minimum atomic E-state index is 0. The van der Waals surface area contributed by atoms with Gasteiger partial charge in [0.25, 0.3) is 0 Å². The Bertz CT molecular complexity index is 476. The van der Waals surface area contributed by atoms with Crippen molar-refractivity contribution in [1.29, 1.82) is 0 Å². The van der Waals surface area contributed by atoms with E-state index in [1.165, 1.54) is 0 Å². The number of carbonyl (C=O) groups is 1. The fourth-order valence-corrected chi connectivity index (χ4v) is 2.94. The Labute approximate surface area is 139 Å². The van der Waals surface area contributed by atoms with Gasteiger partial charge in [-0.15, -0.1) is 24.8 Å². The van der Waals surface area contributed by atoms with Gasteiger partial charge in [-0.05, 0) is 33.7 Å². The average Bonchev–Trinajstić information content (AvgIpc) is 2.91. The van der Waals surface area contributed by atoms with Crippen LogP contribution in [-0.2, 0) is 18.3 Å². The van der Waals surface area contributed by atoms with E-state index in [4.69, 9.17) is 0 Å². The molecule has 1 aliphatic heterocycles. The first kappa shape index (κ1) is 20.2. The summed E-state index contributed by atoms with van der Waals surface area (Å²) in [4.78, 5) is 14.5. The fraction of sp³-hybridized carbons (Fsp3) is 0.714. The summed E-state index contributed by atoms with van der Waals surface area (Å²) in [6.07, 6.45) is 2.70. The van der Waals surface area contributed by atoms with Crippen LogP contribution in [0.5, 0.6) is 0 Å². The lowest BCUT2D eigenvalue weighted by Crippen LogP contribution is -2.41. The van der Waals surface area contributed by atoms with Gasteiger partial charge in [0, 0.05) is 37.4 Å². The lowest BCUT2D eigenvalue weighted by molar-refractivity contribution is -0.131. The highest BCUT2D eigenvalue weighted by molar-refractivity contribution is 5.85. The van der Waals surface area contributed by atoms with Gasteiger partial charge in [-0.2, -0.15) is 5.10 Å². The number of nitrogens with zero attached hydrogens (tertiary/aromatic N) is 3. The predicted octanol–water partition coefficient (Wildman–Crippen LogP) is 1.63. The predicted molar refractivity (Wildman–Crippen MR) is 89.5 cm³/mol. The van der Waals surface area contributed by atoms with Gasteiger partial charge in [0.1, 0.15) is 0 Å². The molecule has 1 aromatic heterocycles. The van der Waals surface area contributed by atoms with Crippen LogP contribution < -0.4 is 5.32 Å². The lowest BCUT2D eigenvalue weighted by atomic mass is 10.1. The quantitative estimate of drug-likeness (QED) is 0.909. The molecule has 1 atom stereocenters. The summed E-state index contributed by atoms with van der Waals surface area (Å²) >= 11 is 0. The van der Waals surface area contributed by atoms with Crippen molar-refractivity contribution in [3.8, 4) is 0 Å². The van der Waals surface area contributed by atoms with Crippen LogP contribution in [0.4, 0.5) is 0 Å². The topological polar surface area (TPSA) is 50.2 Å². The van der Waals surface area contributed by atoms with E-state index in [9.17, 15) is 4.79 Å². The Morgan fingerprint density at radius 1 is 1.38 bits per heavy atom. The largest absolute Gasteiger partial charge is 0.338 e. The van der Waals surface area contributed by atoms with Crippen LogP contribution >= 0.6 is 24.8 Å². The molecule has 7 heteroatoms. The third-order valence-corrected chi connectivity index (χ3v) is 4.12. The van der Waals surface area contributed by atoms with E-state index in [1.54, 1.807) is 0 Å². The van der Waals surface area contributed by atoms with Gasteiger partial charge >= 0.3 is 0 Å². The number of carbonyl (C=O) groups excluding carboxylic acids is 1. The number of amides is 1. The van der Waals surface area contributed by atoms with Crippen LogP contribution in [0.1, 0.15) is 29.8 Å². The first-order chi connectivity index (χ1) is 9.04. The molecular formula is C14H26Cl2N4O. The molecule has 2 heterocycles. The highest BCUT2D eigenvalue weighted by atomic mass is 35.5. The van der Waals surface area contributed by atoms with Crippen molar-refractivity contribution in [3.05, 3.63) is 17.0 Å². The molecule has 0 aliphatic carbocycles. The molecule has 1 aliphatic rings. The van der Waals surface area contributed by atoms with Crippen molar-refractivity contribution >= 4 is 30.7 Å². The van der Waals surface area contributed by atoms with Gasteiger partial charge in [-0.3, -0.25) is 9.48 Å². The van der Waals surface area contributed by atoms with E-state index in [0.717, 1.165) is 42.9 Å². The number of aromatic nitrogens is 2. The fourth-order valence-electron chi connectivity index (χ4n) is 2.94. The SMILES string of the molecule is CNCC1CCCN1C(=O)Cc1c(C)nn(C)c1C.Cl.Cl. The molecule has 2 rings (SSSR count). The maximum Gasteiger partial charge on any atom is 0.227 e. The molecular weight excluding hydrogens is 311 g/mol. The number of hydrogen-bond donors (Lipinski definition) is 1. The average molecular weight is 337 g/mol. The van der Waals surface area contributed by atoms with Crippen molar-refractivity contribution < 1.29 is 4.79 Å². The van der Waals surface area contributed by atoms with Gasteiger partial charge in [-0.25, -0.2) is 0 Å². The first-order valence-electron chi connectivity index (χ1n) is 6.97. The maximum atomic E-state index is 12.5. The highest BCUT2D eigenvalue weighted by Gasteiger charge is 2.28. The standard InChI is InChI=1S/C14H24N4O.2ClH/c1-10-13(11(2)17(4)16-10)8-14(19)18-7-5-6-12(18)9-15-3;;/h12,15H,5-9H2,1-4H3;2*1H. The minimum Gasteiger partial charge on any atom is -0.338 e. The number of aryl methyl sites for hydroxylation is 2. The zero-order valence-electron chi connectivity index (χ0n) is 13.2. The third kappa shape index (κ3) is 4.34. The van der Waals surface area contributed by atoms with Crippen LogP contribution in [0.2, 0.25) is 0 Å². The van der Waals surface area contributed by atoms with Crippen molar-refractivity contribution in [2.24, 2.45) is 7.05 Å². The Kier molecular flexibility index (Phi) is 8.29. The van der Waals surface area contributed by atoms with Crippen LogP contribution in [-0.4, -0.2) is 46.8 Å². The smallest absolute Gasteiger partial charge is 0.227 e. The van der Waals surface area contributed by atoms with Crippen molar-refractivity contribution in [3.63, 3.8) is 0 Å². The molecule has 5 nitrogen and oxygen atoms in total. The van der Waals surface area contributed by atoms with E-state index >= 15 is 0 Å². The van der Waals surface area contributed by atoms with Crippen LogP contribution in [0.25, 0.3) is 0 Å². The summed E-state index contributed by atoms with van der Waals surface area (Å²) < 4.78 is 1.85. The van der Waals surface area contributed by atoms with E-state index in [0.29, 0.717) is 12.5 Å². The van der Waals surface area contributed by atoms with Gasteiger partial charge < -0.3 is 10.2 Å². The molecule has 1 amide bonds. The van der Waals surface area contributed by atoms with Gasteiger partial charge in [0.05, 0.1) is 12.1 Å². The summed E-state index contributed by atoms with van der Waals surface area (Å²) in [6, 6.07) is 0.356. The van der Waals surface area contributed by atoms with Crippen LogP contribution in [0, 0.1) is 13.8 Å². The molecule has 0 spiro atoms. The minimum absolute atomic E-state index is 0. The zero-order valence-corrected chi connectivity index (χ0v) is 14.8. The molecule has 1 unspecified atom stereocenters. The van der Waals surface area contributed by atoms with Crippen LogP contribution in [0.3, 0.4) is 0 Å². The summed E-state index contributed by atoms with van der Waals surface area (Å²) in [6.45, 7) is 5.78. The molecule has 1 N–H and O–H groups in total. The van der Waals surface area contributed by atoms with E-state index in [2.05, 4.69) is 10.4 Å². The second-order valence-electron chi connectivity index (χ2n) is 5.39. The van der Waals surface area contributed by atoms with E-state index in [-0.39, 0.29) is 30.7 Å². The number of halogens is 2. The number of likely N-dealkylation sites (N-methyl/N-ethyl adjacent to an activating group) is 1. The van der Waals surface area contributed by atoms with Crippen molar-refractivity contribution in [2.75, 3.05) is 20.1 Å². The number of nitrogens with one attached hydrogen (secondary N) is 1. The zero-order chi connectivity index (χ0) is 14.0.